The van der Waals surface area contributed by atoms with Crippen molar-refractivity contribution in [2.75, 3.05) is 13.2 Å². The van der Waals surface area contributed by atoms with Gasteiger partial charge in [-0.05, 0) is 0 Å². The van der Waals surface area contributed by atoms with Crippen molar-refractivity contribution < 1.29 is 74.4 Å². The van der Waals surface area contributed by atoms with Crippen molar-refractivity contribution in [3.05, 3.63) is 71.8 Å². The molecule has 0 bridgehead atoms. The average Bonchev–Trinajstić information content (AvgIpc) is 2.76. The first kappa shape index (κ1) is 21.9. The van der Waals surface area contributed by atoms with Gasteiger partial charge >= 0.3 is 191 Å². The van der Waals surface area contributed by atoms with Gasteiger partial charge in [0.05, 0.1) is 0 Å². The molecule has 8 heteroatoms. The Balaban J connectivity index is 1.41. The Hall–Kier alpha value is -0.830. The predicted octanol–water partition coefficient (Wildman–Crippen LogP) is 3.32. The number of carbonyl (C=O) groups excluding carboxylic acids is 2. The van der Waals surface area contributed by atoms with E-state index in [-0.39, 0.29) is 24.1 Å². The number of carbonyl (C=O) groups is 2. The molecule has 1 aliphatic heterocycles. The summed E-state index contributed by atoms with van der Waals surface area (Å²) in [5.41, 5.74) is 1.18. The van der Waals surface area contributed by atoms with Crippen LogP contribution in [0.25, 0.3) is 0 Å². The first-order valence-electron chi connectivity index (χ1n) is 9.41. The zero-order valence-electron chi connectivity index (χ0n) is 15.6. The molecule has 1 heterocycles. The third kappa shape index (κ3) is 6.90. The Morgan fingerprint density at radius 1 is 0.750 bits per heavy atom. The molecule has 2 atom stereocenters. The van der Waals surface area contributed by atoms with Gasteiger partial charge in [0.1, 0.15) is 0 Å². The SMILES string of the molecule is O=C([O][Hg][CH2]C1OCCOC1[CH2][Hg][O]C(=O)c1ccccc1)c1ccccc1. The fourth-order valence-electron chi connectivity index (χ4n) is 3.00. The summed E-state index contributed by atoms with van der Waals surface area (Å²) in [5.74, 6) is -0.486. The van der Waals surface area contributed by atoms with E-state index in [0.29, 0.717) is 24.3 Å². The molecule has 1 fully saturated rings. The molecule has 1 saturated heterocycles. The Morgan fingerprint density at radius 3 is 1.54 bits per heavy atom. The van der Waals surface area contributed by atoms with Gasteiger partial charge in [-0.15, -0.1) is 0 Å². The van der Waals surface area contributed by atoms with Crippen LogP contribution in [-0.4, -0.2) is 37.4 Å². The maximum absolute atomic E-state index is 12.1. The maximum atomic E-state index is 12.1. The number of rotatable bonds is 8. The standard InChI is InChI=1S/2C7H6O2.C6H10O2.2Hg/c2*8-7(9)6-4-2-1-3-5-6;1-5-6(2)8-4-3-7-5;;/h2*1-5H,(H,8,9);5-6H,1-4H2;;/q;;;2*+1/p-2. The Labute approximate surface area is 190 Å². The van der Waals surface area contributed by atoms with E-state index in [9.17, 15) is 9.59 Å². The van der Waals surface area contributed by atoms with E-state index in [2.05, 4.69) is 0 Å². The van der Waals surface area contributed by atoms with E-state index in [1.54, 1.807) is 24.3 Å². The van der Waals surface area contributed by atoms with Gasteiger partial charge in [0.25, 0.3) is 0 Å². The second-order valence-corrected chi connectivity index (χ2v) is 16.3. The van der Waals surface area contributed by atoms with E-state index in [1.807, 2.05) is 36.4 Å². The molecule has 1 aliphatic rings. The molecule has 0 amide bonds. The fourth-order valence-corrected chi connectivity index (χ4v) is 12.6. The number of hydrogen-bond donors (Lipinski definition) is 0. The third-order valence-electron chi connectivity index (χ3n) is 4.45. The van der Waals surface area contributed by atoms with E-state index in [0.717, 1.165) is 7.86 Å². The molecule has 2 aromatic rings. The fraction of sp³-hybridized carbons (Fsp3) is 0.300. The first-order valence-corrected chi connectivity index (χ1v) is 21.7. The number of ether oxygens (including phenoxy) is 2. The van der Waals surface area contributed by atoms with Crippen LogP contribution in [0.15, 0.2) is 60.7 Å². The molecule has 0 spiro atoms. The molecule has 2 unspecified atom stereocenters. The van der Waals surface area contributed by atoms with Crippen molar-refractivity contribution in [2.45, 2.75) is 20.1 Å². The van der Waals surface area contributed by atoms with Gasteiger partial charge in [0.2, 0.25) is 0 Å². The summed E-state index contributed by atoms with van der Waals surface area (Å²) in [6.45, 7) is 1.12. The van der Waals surface area contributed by atoms with E-state index in [1.165, 1.54) is 0 Å². The van der Waals surface area contributed by atoms with Gasteiger partial charge in [-0.1, -0.05) is 0 Å². The van der Waals surface area contributed by atoms with Crippen molar-refractivity contribution in [1.82, 2.24) is 0 Å². The Kier molecular flexibility index (Phi) is 9.37. The summed E-state index contributed by atoms with van der Waals surface area (Å²) in [7, 11) is 0. The topological polar surface area (TPSA) is 71.1 Å². The van der Waals surface area contributed by atoms with Gasteiger partial charge < -0.3 is 0 Å². The Morgan fingerprint density at radius 2 is 1.14 bits per heavy atom. The van der Waals surface area contributed by atoms with Crippen molar-refractivity contribution in [3.63, 3.8) is 0 Å². The molecule has 6 nitrogen and oxygen atoms in total. The average molecular weight is 758 g/mol. The van der Waals surface area contributed by atoms with Gasteiger partial charge in [-0.3, -0.25) is 0 Å². The van der Waals surface area contributed by atoms with Crippen LogP contribution in [0.5, 0.6) is 0 Å². The second kappa shape index (κ2) is 12.0. The summed E-state index contributed by atoms with van der Waals surface area (Å²) in [5, 5.41) is 0. The zero-order chi connectivity index (χ0) is 19.6. The van der Waals surface area contributed by atoms with Gasteiger partial charge in [0, 0.05) is 0 Å². The number of benzene rings is 2. The monoisotopic (exact) mass is 760 g/mol. The second-order valence-electron chi connectivity index (χ2n) is 6.40. The molecule has 2 aromatic carbocycles. The van der Waals surface area contributed by atoms with E-state index in [4.69, 9.17) is 14.8 Å². The quantitative estimate of drug-likeness (QED) is 0.386. The summed E-state index contributed by atoms with van der Waals surface area (Å²) < 4.78 is 24.4. The van der Waals surface area contributed by atoms with Crippen LogP contribution in [0, 0.1) is 0 Å². The van der Waals surface area contributed by atoms with Crippen LogP contribution < -0.4 is 0 Å². The third-order valence-corrected chi connectivity index (χ3v) is 14.3. The molecular formula is C20H20Hg2O6. The van der Waals surface area contributed by atoms with Crippen LogP contribution in [0.3, 0.4) is 0 Å². The molecule has 0 aliphatic carbocycles. The van der Waals surface area contributed by atoms with Gasteiger partial charge in [0.15, 0.2) is 0 Å². The summed E-state index contributed by atoms with van der Waals surface area (Å²) in [6, 6.07) is 18.1. The van der Waals surface area contributed by atoms with Crippen LogP contribution in [-0.2, 0) is 64.8 Å². The van der Waals surface area contributed by atoms with Crippen LogP contribution >= 0.6 is 0 Å². The predicted molar refractivity (Wildman–Crippen MR) is 92.8 cm³/mol. The minimum absolute atomic E-state index is 0.0468. The van der Waals surface area contributed by atoms with Crippen LogP contribution in [0.1, 0.15) is 20.7 Å². The summed E-state index contributed by atoms with van der Waals surface area (Å²) in [6.07, 6.45) is -0.0937. The van der Waals surface area contributed by atoms with Gasteiger partial charge in [-0.25, -0.2) is 0 Å². The van der Waals surface area contributed by atoms with Crippen LogP contribution in [0.2, 0.25) is 7.86 Å². The normalized spacial score (nSPS) is 18.4. The number of hydrogen-bond acceptors (Lipinski definition) is 6. The molecule has 0 aromatic heterocycles. The summed E-state index contributed by atoms with van der Waals surface area (Å²) >= 11 is -3.76. The van der Waals surface area contributed by atoms with Crippen molar-refractivity contribution in [2.24, 2.45) is 0 Å². The van der Waals surface area contributed by atoms with Crippen molar-refractivity contribution in [1.29, 1.82) is 0 Å². The molecule has 0 saturated carbocycles. The molecular weight excluding hydrogens is 737 g/mol. The first-order chi connectivity index (χ1) is 13.7. The summed E-state index contributed by atoms with van der Waals surface area (Å²) in [4.78, 5) is 24.1. The zero-order valence-corrected chi connectivity index (χ0v) is 26.6. The molecule has 0 N–H and O–H groups in total. The minimum atomic E-state index is -1.88. The van der Waals surface area contributed by atoms with Crippen LogP contribution in [0.4, 0.5) is 0 Å². The molecule has 0 radical (unpaired) electrons. The Bertz CT molecular complexity index is 690. The van der Waals surface area contributed by atoms with Gasteiger partial charge in [-0.2, -0.15) is 0 Å². The molecule has 28 heavy (non-hydrogen) atoms. The van der Waals surface area contributed by atoms with Crippen molar-refractivity contribution in [3.8, 4) is 0 Å². The van der Waals surface area contributed by atoms with Crippen molar-refractivity contribution >= 4 is 11.9 Å². The van der Waals surface area contributed by atoms with E-state index < -0.39 is 50.1 Å². The molecule has 3 rings (SSSR count). The van der Waals surface area contributed by atoms with E-state index >= 15 is 0 Å². The molecule has 140 valence electrons.